The van der Waals surface area contributed by atoms with Crippen molar-refractivity contribution >= 4 is 34.0 Å². The monoisotopic (exact) mass is 404 g/mol. The Kier molecular flexibility index (Phi) is 7.16. The van der Waals surface area contributed by atoms with Gasteiger partial charge in [-0.3, -0.25) is 4.79 Å². The van der Waals surface area contributed by atoms with Crippen LogP contribution in [0.3, 0.4) is 0 Å². The molecule has 0 saturated carbocycles. The van der Waals surface area contributed by atoms with Gasteiger partial charge < -0.3 is 9.47 Å². The van der Waals surface area contributed by atoms with E-state index in [1.54, 1.807) is 49.4 Å². The van der Waals surface area contributed by atoms with Crippen molar-refractivity contribution < 1.29 is 19.1 Å². The Morgan fingerprint density at radius 2 is 1.88 bits per heavy atom. The highest BCUT2D eigenvalue weighted by atomic mass is 79.9. The Bertz CT molecular complexity index is 777. The van der Waals surface area contributed by atoms with E-state index in [1.807, 2.05) is 6.07 Å². The Morgan fingerprint density at radius 3 is 2.64 bits per heavy atom. The first-order valence-electron chi connectivity index (χ1n) is 7.57. The zero-order valence-electron chi connectivity index (χ0n) is 13.6. The molecule has 2 aromatic carbocycles. The standard InChI is InChI=1S/C18H17BrN2O4/c1-2-24-17(22)12-25-16-10-6-3-7-13(16)11-20-21-18(23)14-8-4-5-9-15(14)19/h3-11H,2,12H2,1H3,(H,21,23)/b20-11+. The first kappa shape index (κ1) is 18.7. The highest BCUT2D eigenvalue weighted by Crippen LogP contribution is 2.17. The Hall–Kier alpha value is -2.67. The summed E-state index contributed by atoms with van der Waals surface area (Å²) in [6.07, 6.45) is 1.45. The molecule has 2 aromatic rings. The number of amides is 1. The van der Waals surface area contributed by atoms with E-state index in [1.165, 1.54) is 6.21 Å². The summed E-state index contributed by atoms with van der Waals surface area (Å²) >= 11 is 3.32. The maximum absolute atomic E-state index is 12.1. The second kappa shape index (κ2) is 9.58. The van der Waals surface area contributed by atoms with Crippen LogP contribution >= 0.6 is 15.9 Å². The minimum atomic E-state index is -0.448. The first-order valence-corrected chi connectivity index (χ1v) is 8.36. The Balaban J connectivity index is 2.00. The van der Waals surface area contributed by atoms with Gasteiger partial charge in [-0.2, -0.15) is 5.10 Å². The summed E-state index contributed by atoms with van der Waals surface area (Å²) in [5, 5.41) is 3.94. The maximum Gasteiger partial charge on any atom is 0.344 e. The Morgan fingerprint density at radius 1 is 1.16 bits per heavy atom. The zero-order valence-corrected chi connectivity index (χ0v) is 15.2. The number of hydrazone groups is 1. The number of nitrogens with one attached hydrogen (secondary N) is 1. The number of hydrogen-bond donors (Lipinski definition) is 1. The van der Waals surface area contributed by atoms with Gasteiger partial charge in [0, 0.05) is 10.0 Å². The quantitative estimate of drug-likeness (QED) is 0.436. The van der Waals surface area contributed by atoms with Crippen molar-refractivity contribution in [1.29, 1.82) is 0 Å². The molecule has 0 unspecified atom stereocenters. The number of halogens is 1. The molecule has 0 aliphatic carbocycles. The van der Waals surface area contributed by atoms with Gasteiger partial charge in [0.2, 0.25) is 0 Å². The molecule has 0 radical (unpaired) electrons. The number of hydrogen-bond acceptors (Lipinski definition) is 5. The third-order valence-corrected chi connectivity index (χ3v) is 3.75. The lowest BCUT2D eigenvalue weighted by Crippen LogP contribution is -2.18. The fraction of sp³-hybridized carbons (Fsp3) is 0.167. The summed E-state index contributed by atoms with van der Waals surface area (Å²) in [6.45, 7) is 1.83. The van der Waals surface area contributed by atoms with Crippen molar-refractivity contribution in [1.82, 2.24) is 5.43 Å². The molecule has 7 heteroatoms. The van der Waals surface area contributed by atoms with Crippen molar-refractivity contribution in [2.24, 2.45) is 5.10 Å². The van der Waals surface area contributed by atoms with E-state index in [2.05, 4.69) is 26.5 Å². The molecule has 2 rings (SSSR count). The van der Waals surface area contributed by atoms with Crippen LogP contribution in [0.4, 0.5) is 0 Å². The summed E-state index contributed by atoms with van der Waals surface area (Å²) in [5.74, 6) is -0.320. The molecule has 0 aliphatic heterocycles. The lowest BCUT2D eigenvalue weighted by Gasteiger charge is -2.08. The molecule has 0 aromatic heterocycles. The predicted molar refractivity (Wildman–Crippen MR) is 97.8 cm³/mol. The normalized spacial score (nSPS) is 10.5. The molecule has 25 heavy (non-hydrogen) atoms. The number of benzene rings is 2. The van der Waals surface area contributed by atoms with E-state index in [9.17, 15) is 9.59 Å². The lowest BCUT2D eigenvalue weighted by atomic mass is 10.2. The second-order valence-electron chi connectivity index (χ2n) is 4.81. The molecule has 0 atom stereocenters. The van der Waals surface area contributed by atoms with Crippen LogP contribution in [0.1, 0.15) is 22.8 Å². The fourth-order valence-corrected chi connectivity index (χ4v) is 2.39. The highest BCUT2D eigenvalue weighted by molar-refractivity contribution is 9.10. The largest absolute Gasteiger partial charge is 0.481 e. The van der Waals surface area contributed by atoms with Crippen LogP contribution in [0.5, 0.6) is 5.75 Å². The summed E-state index contributed by atoms with van der Waals surface area (Å²) in [5.41, 5.74) is 3.56. The minimum Gasteiger partial charge on any atom is -0.481 e. The van der Waals surface area contributed by atoms with E-state index in [-0.39, 0.29) is 12.5 Å². The van der Waals surface area contributed by atoms with Crippen LogP contribution < -0.4 is 10.2 Å². The van der Waals surface area contributed by atoms with Crippen molar-refractivity contribution in [3.05, 3.63) is 64.1 Å². The topological polar surface area (TPSA) is 77.0 Å². The number of carbonyl (C=O) groups is 2. The van der Waals surface area contributed by atoms with Crippen LogP contribution in [0.15, 0.2) is 58.1 Å². The predicted octanol–water partition coefficient (Wildman–Crippen LogP) is 3.15. The number of rotatable bonds is 7. The third-order valence-electron chi connectivity index (χ3n) is 3.06. The van der Waals surface area contributed by atoms with E-state index in [0.717, 1.165) is 0 Å². The van der Waals surface area contributed by atoms with E-state index >= 15 is 0 Å². The van der Waals surface area contributed by atoms with Gasteiger partial charge in [-0.1, -0.05) is 24.3 Å². The van der Waals surface area contributed by atoms with Crippen LogP contribution in [0.25, 0.3) is 0 Å². The van der Waals surface area contributed by atoms with Crippen molar-refractivity contribution in [2.45, 2.75) is 6.92 Å². The van der Waals surface area contributed by atoms with Crippen molar-refractivity contribution in [3.8, 4) is 5.75 Å². The van der Waals surface area contributed by atoms with Gasteiger partial charge in [-0.05, 0) is 47.1 Å². The average molecular weight is 405 g/mol. The molecule has 0 aliphatic rings. The van der Waals surface area contributed by atoms with E-state index in [0.29, 0.717) is 28.0 Å². The summed E-state index contributed by atoms with van der Waals surface area (Å²) in [6, 6.07) is 14.1. The molecule has 0 spiro atoms. The van der Waals surface area contributed by atoms with Gasteiger partial charge in [0.15, 0.2) is 6.61 Å². The lowest BCUT2D eigenvalue weighted by molar-refractivity contribution is -0.145. The third kappa shape index (κ3) is 5.72. The number of esters is 1. The molecule has 0 bridgehead atoms. The molecule has 130 valence electrons. The number of ether oxygens (including phenoxy) is 2. The number of nitrogens with zero attached hydrogens (tertiary/aromatic N) is 1. The summed E-state index contributed by atoms with van der Waals surface area (Å²) < 4.78 is 10.9. The molecule has 1 N–H and O–H groups in total. The molecular formula is C18H17BrN2O4. The molecule has 0 saturated heterocycles. The molecule has 6 nitrogen and oxygen atoms in total. The molecule has 0 fully saturated rings. The minimum absolute atomic E-state index is 0.192. The van der Waals surface area contributed by atoms with Crippen LogP contribution in [-0.4, -0.2) is 31.3 Å². The van der Waals surface area contributed by atoms with E-state index in [4.69, 9.17) is 9.47 Å². The van der Waals surface area contributed by atoms with Crippen molar-refractivity contribution in [2.75, 3.05) is 13.2 Å². The van der Waals surface area contributed by atoms with Crippen LogP contribution in [-0.2, 0) is 9.53 Å². The highest BCUT2D eigenvalue weighted by Gasteiger charge is 2.08. The van der Waals surface area contributed by atoms with Gasteiger partial charge in [-0.15, -0.1) is 0 Å². The molecular weight excluding hydrogens is 388 g/mol. The van der Waals surface area contributed by atoms with Crippen molar-refractivity contribution in [3.63, 3.8) is 0 Å². The van der Waals surface area contributed by atoms with Gasteiger partial charge in [0.05, 0.1) is 18.4 Å². The van der Waals surface area contributed by atoms with Gasteiger partial charge >= 0.3 is 5.97 Å². The number of carbonyl (C=O) groups excluding carboxylic acids is 2. The van der Waals surface area contributed by atoms with E-state index < -0.39 is 5.97 Å². The van der Waals surface area contributed by atoms with Crippen LogP contribution in [0, 0.1) is 0 Å². The second-order valence-corrected chi connectivity index (χ2v) is 5.66. The summed E-state index contributed by atoms with van der Waals surface area (Å²) in [7, 11) is 0. The average Bonchev–Trinajstić information content (AvgIpc) is 2.61. The molecule has 0 heterocycles. The zero-order chi connectivity index (χ0) is 18.1. The summed E-state index contributed by atoms with van der Waals surface area (Å²) in [4.78, 5) is 23.5. The SMILES string of the molecule is CCOC(=O)COc1ccccc1/C=N/NC(=O)c1ccccc1Br. The van der Waals surface area contributed by atoms with Gasteiger partial charge in [-0.25, -0.2) is 10.2 Å². The maximum atomic E-state index is 12.1. The van der Waals surface area contributed by atoms with Crippen LogP contribution in [0.2, 0.25) is 0 Å². The smallest absolute Gasteiger partial charge is 0.344 e. The van der Waals surface area contributed by atoms with Gasteiger partial charge in [0.1, 0.15) is 5.75 Å². The van der Waals surface area contributed by atoms with Gasteiger partial charge in [0.25, 0.3) is 5.91 Å². The Labute approximate surface area is 154 Å². The number of para-hydroxylation sites is 1. The fourth-order valence-electron chi connectivity index (χ4n) is 1.92. The molecule has 1 amide bonds. The first-order chi connectivity index (χ1) is 12.1.